The molecule has 0 aromatic rings. The van der Waals surface area contributed by atoms with Gasteiger partial charge in [0.2, 0.25) is 0 Å². The molecule has 1 unspecified atom stereocenters. The van der Waals surface area contributed by atoms with Gasteiger partial charge in [-0.15, -0.1) is 0 Å². The van der Waals surface area contributed by atoms with Crippen LogP contribution in [0.5, 0.6) is 0 Å². The fourth-order valence-electron chi connectivity index (χ4n) is 1.98. The molecule has 0 heterocycles. The van der Waals surface area contributed by atoms with E-state index in [0.29, 0.717) is 6.04 Å². The Morgan fingerprint density at radius 1 is 1.07 bits per heavy atom. The molecule has 0 bridgehead atoms. The van der Waals surface area contributed by atoms with Crippen LogP contribution in [0.15, 0.2) is 0 Å². The minimum atomic E-state index is 0.663. The van der Waals surface area contributed by atoms with E-state index in [1.165, 1.54) is 25.9 Å². The van der Waals surface area contributed by atoms with E-state index in [-0.39, 0.29) is 0 Å². The van der Waals surface area contributed by atoms with Crippen LogP contribution in [0, 0.1) is 5.92 Å². The summed E-state index contributed by atoms with van der Waals surface area (Å²) in [6, 6.07) is 0.663. The Bertz CT molecular complexity index is 132. The minimum absolute atomic E-state index is 0.663. The Kier molecular flexibility index (Phi) is 9.12. The van der Waals surface area contributed by atoms with Gasteiger partial charge < -0.3 is 5.32 Å². The first-order chi connectivity index (χ1) is 7.19. The lowest BCUT2D eigenvalue weighted by molar-refractivity contribution is 0.178. The molecule has 0 rings (SSSR count). The van der Waals surface area contributed by atoms with Crippen LogP contribution in [0.25, 0.3) is 0 Å². The maximum absolute atomic E-state index is 3.43. The minimum Gasteiger partial charge on any atom is -0.315 e. The second-order valence-corrected chi connectivity index (χ2v) is 4.43. The lowest BCUT2D eigenvalue weighted by atomic mass is 10.0. The van der Waals surface area contributed by atoms with Gasteiger partial charge in [0.25, 0.3) is 0 Å². The normalized spacial score (nSPS) is 13.8. The van der Waals surface area contributed by atoms with Crippen molar-refractivity contribution in [2.24, 2.45) is 5.92 Å². The lowest BCUT2D eigenvalue weighted by Crippen LogP contribution is -2.42. The van der Waals surface area contributed by atoms with Crippen molar-refractivity contribution in [2.75, 3.05) is 26.2 Å². The fourth-order valence-corrected chi connectivity index (χ4v) is 1.98. The van der Waals surface area contributed by atoms with Crippen molar-refractivity contribution in [3.05, 3.63) is 0 Å². The number of rotatable bonds is 9. The molecule has 2 heteroatoms. The summed E-state index contributed by atoms with van der Waals surface area (Å²) in [5.74, 6) is 0.869. The van der Waals surface area contributed by atoms with Gasteiger partial charge in [-0.1, -0.05) is 40.5 Å². The largest absolute Gasteiger partial charge is 0.315 e. The van der Waals surface area contributed by atoms with Gasteiger partial charge in [-0.2, -0.15) is 0 Å². The average Bonchev–Trinajstić information content (AvgIpc) is 2.27. The van der Waals surface area contributed by atoms with Crippen molar-refractivity contribution in [2.45, 2.75) is 53.5 Å². The molecule has 15 heavy (non-hydrogen) atoms. The number of nitrogens with one attached hydrogen (secondary N) is 1. The van der Waals surface area contributed by atoms with E-state index in [9.17, 15) is 0 Å². The quantitative estimate of drug-likeness (QED) is 0.635. The van der Waals surface area contributed by atoms with E-state index in [4.69, 9.17) is 0 Å². The Balaban J connectivity index is 3.98. The zero-order valence-electron chi connectivity index (χ0n) is 11.3. The molecule has 0 aromatic heterocycles. The lowest BCUT2D eigenvalue weighted by Gasteiger charge is -2.31. The van der Waals surface area contributed by atoms with E-state index in [2.05, 4.69) is 44.8 Å². The van der Waals surface area contributed by atoms with Gasteiger partial charge >= 0.3 is 0 Å². The molecule has 2 nitrogen and oxygen atoms in total. The number of likely N-dealkylation sites (N-methyl/N-ethyl adjacent to an activating group) is 2. The maximum Gasteiger partial charge on any atom is 0.0192 e. The monoisotopic (exact) mass is 214 g/mol. The van der Waals surface area contributed by atoms with E-state index in [0.717, 1.165) is 19.0 Å². The molecule has 0 aliphatic heterocycles. The van der Waals surface area contributed by atoms with Crippen molar-refractivity contribution < 1.29 is 0 Å². The van der Waals surface area contributed by atoms with Gasteiger partial charge in [0.05, 0.1) is 0 Å². The molecule has 0 radical (unpaired) electrons. The van der Waals surface area contributed by atoms with Gasteiger partial charge in [0.1, 0.15) is 0 Å². The van der Waals surface area contributed by atoms with Crippen LogP contribution in [0.4, 0.5) is 0 Å². The molecule has 0 saturated carbocycles. The summed E-state index contributed by atoms with van der Waals surface area (Å²) in [5.41, 5.74) is 0. The smallest absolute Gasteiger partial charge is 0.0192 e. The van der Waals surface area contributed by atoms with Crippen molar-refractivity contribution in [1.82, 2.24) is 10.2 Å². The number of nitrogens with zero attached hydrogens (tertiary/aromatic N) is 1. The molecule has 0 spiro atoms. The highest BCUT2D eigenvalue weighted by Gasteiger charge is 2.14. The van der Waals surface area contributed by atoms with Gasteiger partial charge in [-0.25, -0.2) is 0 Å². The molecule has 0 amide bonds. The summed E-state index contributed by atoms with van der Waals surface area (Å²) in [5, 5.41) is 3.43. The Labute approximate surface area is 96.4 Å². The van der Waals surface area contributed by atoms with Gasteiger partial charge in [-0.05, 0) is 25.9 Å². The first-order valence-corrected chi connectivity index (χ1v) is 6.64. The number of hydrogen-bond donors (Lipinski definition) is 1. The van der Waals surface area contributed by atoms with Crippen LogP contribution in [0.2, 0.25) is 0 Å². The molecule has 0 aromatic carbocycles. The second kappa shape index (κ2) is 9.17. The maximum atomic E-state index is 3.43. The molecule has 0 aliphatic rings. The molecule has 0 aliphatic carbocycles. The zero-order chi connectivity index (χ0) is 11.7. The van der Waals surface area contributed by atoms with Crippen LogP contribution >= 0.6 is 0 Å². The molecular weight excluding hydrogens is 184 g/mol. The third kappa shape index (κ3) is 6.16. The fraction of sp³-hybridized carbons (Fsp3) is 1.00. The van der Waals surface area contributed by atoms with Crippen molar-refractivity contribution >= 4 is 0 Å². The Hall–Kier alpha value is -0.0800. The SMILES string of the molecule is CCNCC(C)N(CC)CC(CC)CC. The van der Waals surface area contributed by atoms with E-state index < -0.39 is 0 Å². The molecule has 0 fully saturated rings. The van der Waals surface area contributed by atoms with E-state index >= 15 is 0 Å². The summed E-state index contributed by atoms with van der Waals surface area (Å²) >= 11 is 0. The van der Waals surface area contributed by atoms with Gasteiger partial charge in [-0.3, -0.25) is 4.90 Å². The highest BCUT2D eigenvalue weighted by molar-refractivity contribution is 4.71. The Morgan fingerprint density at radius 3 is 2.07 bits per heavy atom. The second-order valence-electron chi connectivity index (χ2n) is 4.43. The van der Waals surface area contributed by atoms with Crippen LogP contribution in [0.3, 0.4) is 0 Å². The average molecular weight is 214 g/mol. The van der Waals surface area contributed by atoms with Gasteiger partial charge in [0.15, 0.2) is 0 Å². The summed E-state index contributed by atoms with van der Waals surface area (Å²) in [4.78, 5) is 2.60. The summed E-state index contributed by atoms with van der Waals surface area (Å²) in [6.07, 6.45) is 2.61. The standard InChI is InChI=1S/C13H30N2/c1-6-13(7-2)11-15(9-4)12(5)10-14-8-3/h12-14H,6-11H2,1-5H3. The third-order valence-corrected chi connectivity index (χ3v) is 3.37. The van der Waals surface area contributed by atoms with Gasteiger partial charge in [0, 0.05) is 19.1 Å². The topological polar surface area (TPSA) is 15.3 Å². The predicted molar refractivity (Wildman–Crippen MR) is 69.3 cm³/mol. The summed E-state index contributed by atoms with van der Waals surface area (Å²) < 4.78 is 0. The van der Waals surface area contributed by atoms with Crippen molar-refractivity contribution in [3.63, 3.8) is 0 Å². The van der Waals surface area contributed by atoms with Crippen LogP contribution < -0.4 is 5.32 Å². The van der Waals surface area contributed by atoms with Crippen LogP contribution in [0.1, 0.15) is 47.5 Å². The molecule has 0 saturated heterocycles. The highest BCUT2D eigenvalue weighted by Crippen LogP contribution is 2.11. The van der Waals surface area contributed by atoms with E-state index in [1.807, 2.05) is 0 Å². The Morgan fingerprint density at radius 2 is 1.67 bits per heavy atom. The van der Waals surface area contributed by atoms with Crippen LogP contribution in [-0.2, 0) is 0 Å². The summed E-state index contributed by atoms with van der Waals surface area (Å²) in [6.45, 7) is 16.0. The highest BCUT2D eigenvalue weighted by atomic mass is 15.2. The van der Waals surface area contributed by atoms with E-state index in [1.54, 1.807) is 0 Å². The van der Waals surface area contributed by atoms with Crippen LogP contribution in [-0.4, -0.2) is 37.1 Å². The first kappa shape index (κ1) is 14.9. The summed E-state index contributed by atoms with van der Waals surface area (Å²) in [7, 11) is 0. The van der Waals surface area contributed by atoms with Crippen molar-refractivity contribution in [3.8, 4) is 0 Å². The molecular formula is C13H30N2. The molecule has 1 atom stereocenters. The molecule has 92 valence electrons. The third-order valence-electron chi connectivity index (χ3n) is 3.37. The van der Waals surface area contributed by atoms with Crippen molar-refractivity contribution in [1.29, 1.82) is 0 Å². The zero-order valence-corrected chi connectivity index (χ0v) is 11.3. The number of hydrogen-bond acceptors (Lipinski definition) is 2. The predicted octanol–water partition coefficient (Wildman–Crippen LogP) is 2.74. The first-order valence-electron chi connectivity index (χ1n) is 6.64. The molecule has 1 N–H and O–H groups in total.